The van der Waals surface area contributed by atoms with E-state index in [1.54, 1.807) is 25.1 Å². The lowest BCUT2D eigenvalue weighted by molar-refractivity contribution is 0.0940. The van der Waals surface area contributed by atoms with Gasteiger partial charge >= 0.3 is 0 Å². The first-order chi connectivity index (χ1) is 12.2. The molecular formula is C18H18Cl2N2O3S. The standard InChI is InChI=1S/C18H18Cl2N2O3S/c1-3-10-21-26(24,25)15-7-4-13(5-8-15)18(23)22-12(2)16-9-6-14(19)11-17(16)20/h3-9,11-12,21H,1,10H2,2H3,(H,22,23). The van der Waals surface area contributed by atoms with Gasteiger partial charge in [-0.2, -0.15) is 0 Å². The molecule has 0 radical (unpaired) electrons. The number of hydrogen-bond donors (Lipinski definition) is 2. The third-order valence-corrected chi connectivity index (χ3v) is 5.62. The van der Waals surface area contributed by atoms with Gasteiger partial charge in [-0.15, -0.1) is 6.58 Å². The van der Waals surface area contributed by atoms with Gasteiger partial charge in [-0.25, -0.2) is 13.1 Å². The van der Waals surface area contributed by atoms with Gasteiger partial charge in [0.2, 0.25) is 10.0 Å². The lowest BCUT2D eigenvalue weighted by atomic mass is 10.1. The first kappa shape index (κ1) is 20.5. The molecule has 1 unspecified atom stereocenters. The maximum atomic E-state index is 12.4. The molecular weight excluding hydrogens is 395 g/mol. The van der Waals surface area contributed by atoms with Crippen molar-refractivity contribution in [2.45, 2.75) is 17.9 Å². The minimum absolute atomic E-state index is 0.0738. The molecule has 138 valence electrons. The highest BCUT2D eigenvalue weighted by Gasteiger charge is 2.16. The quantitative estimate of drug-likeness (QED) is 0.675. The first-order valence-corrected chi connectivity index (χ1v) is 9.95. The zero-order valence-electron chi connectivity index (χ0n) is 14.0. The number of amides is 1. The predicted molar refractivity (Wildman–Crippen MR) is 104 cm³/mol. The fraction of sp³-hybridized carbons (Fsp3) is 0.167. The molecule has 5 nitrogen and oxygen atoms in total. The van der Waals surface area contributed by atoms with Crippen molar-refractivity contribution >= 4 is 39.1 Å². The molecule has 0 aliphatic rings. The Morgan fingerprint density at radius 1 is 1.19 bits per heavy atom. The predicted octanol–water partition coefficient (Wildman–Crippen LogP) is 3.95. The van der Waals surface area contributed by atoms with E-state index in [1.807, 2.05) is 0 Å². The zero-order chi connectivity index (χ0) is 19.3. The van der Waals surface area contributed by atoms with Gasteiger partial charge in [0, 0.05) is 22.2 Å². The van der Waals surface area contributed by atoms with E-state index in [0.29, 0.717) is 15.6 Å². The number of sulfonamides is 1. The third kappa shape index (κ3) is 5.08. The highest BCUT2D eigenvalue weighted by molar-refractivity contribution is 7.89. The van der Waals surface area contributed by atoms with Crippen LogP contribution in [0.15, 0.2) is 60.0 Å². The van der Waals surface area contributed by atoms with E-state index in [9.17, 15) is 13.2 Å². The number of hydrogen-bond acceptors (Lipinski definition) is 3. The van der Waals surface area contributed by atoms with Crippen LogP contribution in [0, 0.1) is 0 Å². The molecule has 0 heterocycles. The molecule has 2 aromatic rings. The molecule has 2 rings (SSSR count). The van der Waals surface area contributed by atoms with Gasteiger partial charge in [-0.05, 0) is 48.9 Å². The number of nitrogens with one attached hydrogen (secondary N) is 2. The van der Waals surface area contributed by atoms with Crippen molar-refractivity contribution < 1.29 is 13.2 Å². The topological polar surface area (TPSA) is 75.3 Å². The Kier molecular flexibility index (Phi) is 6.83. The van der Waals surface area contributed by atoms with Crippen LogP contribution in [0.5, 0.6) is 0 Å². The molecule has 0 saturated heterocycles. The SMILES string of the molecule is C=CCNS(=O)(=O)c1ccc(C(=O)NC(C)c2ccc(Cl)cc2Cl)cc1. The van der Waals surface area contributed by atoms with Crippen molar-refractivity contribution in [3.63, 3.8) is 0 Å². The van der Waals surface area contributed by atoms with Gasteiger partial charge in [0.15, 0.2) is 0 Å². The largest absolute Gasteiger partial charge is 0.345 e. The number of benzene rings is 2. The molecule has 1 atom stereocenters. The molecule has 0 fully saturated rings. The molecule has 1 amide bonds. The summed E-state index contributed by atoms with van der Waals surface area (Å²) in [6.07, 6.45) is 1.45. The Morgan fingerprint density at radius 2 is 1.85 bits per heavy atom. The number of carbonyl (C=O) groups is 1. The van der Waals surface area contributed by atoms with E-state index in [-0.39, 0.29) is 23.4 Å². The number of halogens is 2. The van der Waals surface area contributed by atoms with E-state index in [2.05, 4.69) is 16.6 Å². The Hall–Kier alpha value is -1.86. The smallest absolute Gasteiger partial charge is 0.251 e. The normalized spacial score (nSPS) is 12.4. The van der Waals surface area contributed by atoms with Crippen LogP contribution in [-0.2, 0) is 10.0 Å². The molecule has 0 bridgehead atoms. The fourth-order valence-electron chi connectivity index (χ4n) is 2.25. The van der Waals surface area contributed by atoms with Crippen molar-refractivity contribution in [1.82, 2.24) is 10.0 Å². The van der Waals surface area contributed by atoms with Crippen LogP contribution in [0.3, 0.4) is 0 Å². The maximum absolute atomic E-state index is 12.4. The van der Waals surface area contributed by atoms with E-state index < -0.39 is 10.0 Å². The van der Waals surface area contributed by atoms with E-state index in [0.717, 1.165) is 5.56 Å². The Bertz CT molecular complexity index is 913. The minimum Gasteiger partial charge on any atom is -0.345 e. The zero-order valence-corrected chi connectivity index (χ0v) is 16.3. The average molecular weight is 413 g/mol. The summed E-state index contributed by atoms with van der Waals surface area (Å²) in [7, 11) is -3.62. The van der Waals surface area contributed by atoms with Crippen LogP contribution in [-0.4, -0.2) is 20.9 Å². The summed E-state index contributed by atoms with van der Waals surface area (Å²) in [4.78, 5) is 12.5. The molecule has 0 saturated carbocycles. The van der Waals surface area contributed by atoms with Gasteiger partial charge in [0.1, 0.15) is 0 Å². The lowest BCUT2D eigenvalue weighted by Gasteiger charge is -2.16. The van der Waals surface area contributed by atoms with E-state index in [1.165, 1.54) is 30.3 Å². The lowest BCUT2D eigenvalue weighted by Crippen LogP contribution is -2.27. The van der Waals surface area contributed by atoms with Crippen molar-refractivity contribution in [2.24, 2.45) is 0 Å². The van der Waals surface area contributed by atoms with Crippen LogP contribution in [0.1, 0.15) is 28.9 Å². The summed E-state index contributed by atoms with van der Waals surface area (Å²) in [5.74, 6) is -0.341. The van der Waals surface area contributed by atoms with E-state index >= 15 is 0 Å². The summed E-state index contributed by atoms with van der Waals surface area (Å²) in [6.45, 7) is 5.39. The van der Waals surface area contributed by atoms with Crippen LogP contribution in [0.4, 0.5) is 0 Å². The van der Waals surface area contributed by atoms with Crippen molar-refractivity contribution in [3.05, 3.63) is 76.3 Å². The second-order valence-corrected chi connectivity index (χ2v) is 8.14. The second-order valence-electron chi connectivity index (χ2n) is 5.53. The van der Waals surface area contributed by atoms with Gasteiger partial charge < -0.3 is 5.32 Å². The Balaban J connectivity index is 2.11. The first-order valence-electron chi connectivity index (χ1n) is 7.71. The molecule has 0 aromatic heterocycles. The highest BCUT2D eigenvalue weighted by atomic mass is 35.5. The monoisotopic (exact) mass is 412 g/mol. The van der Waals surface area contributed by atoms with Crippen molar-refractivity contribution in [2.75, 3.05) is 6.54 Å². The van der Waals surface area contributed by atoms with Crippen LogP contribution < -0.4 is 10.0 Å². The molecule has 2 N–H and O–H groups in total. The molecule has 0 spiro atoms. The summed E-state index contributed by atoms with van der Waals surface area (Å²) < 4.78 is 26.4. The minimum atomic E-state index is -3.62. The summed E-state index contributed by atoms with van der Waals surface area (Å²) >= 11 is 12.0. The Labute approximate surface area is 163 Å². The second kappa shape index (κ2) is 8.68. The van der Waals surface area contributed by atoms with Crippen LogP contribution >= 0.6 is 23.2 Å². The number of carbonyl (C=O) groups excluding carboxylic acids is 1. The van der Waals surface area contributed by atoms with Gasteiger partial charge in [-0.3, -0.25) is 4.79 Å². The molecule has 26 heavy (non-hydrogen) atoms. The summed E-state index contributed by atoms with van der Waals surface area (Å²) in [5.41, 5.74) is 1.07. The van der Waals surface area contributed by atoms with Crippen molar-refractivity contribution in [1.29, 1.82) is 0 Å². The van der Waals surface area contributed by atoms with Gasteiger partial charge in [-0.1, -0.05) is 35.3 Å². The maximum Gasteiger partial charge on any atom is 0.251 e. The summed E-state index contributed by atoms with van der Waals surface area (Å²) in [6, 6.07) is 10.4. The average Bonchev–Trinajstić information content (AvgIpc) is 2.60. The molecule has 0 aliphatic heterocycles. The van der Waals surface area contributed by atoms with E-state index in [4.69, 9.17) is 23.2 Å². The van der Waals surface area contributed by atoms with Crippen LogP contribution in [0.2, 0.25) is 10.0 Å². The molecule has 2 aromatic carbocycles. The summed E-state index contributed by atoms with van der Waals surface area (Å²) in [5, 5.41) is 3.79. The van der Waals surface area contributed by atoms with Gasteiger partial charge in [0.25, 0.3) is 5.91 Å². The van der Waals surface area contributed by atoms with Gasteiger partial charge in [0.05, 0.1) is 10.9 Å². The number of rotatable bonds is 7. The molecule has 8 heteroatoms. The Morgan fingerprint density at radius 3 is 2.42 bits per heavy atom. The van der Waals surface area contributed by atoms with Crippen LogP contribution in [0.25, 0.3) is 0 Å². The molecule has 0 aliphatic carbocycles. The fourth-order valence-corrected chi connectivity index (χ4v) is 3.82. The highest BCUT2D eigenvalue weighted by Crippen LogP contribution is 2.26. The third-order valence-electron chi connectivity index (χ3n) is 3.62. The van der Waals surface area contributed by atoms with Crippen molar-refractivity contribution in [3.8, 4) is 0 Å².